The first-order chi connectivity index (χ1) is 9.02. The number of nitrogens with one attached hydrogen (secondary N) is 1. The Morgan fingerprint density at radius 2 is 2.05 bits per heavy atom. The normalized spacial score (nSPS) is 27.4. The molecular formula is C15H25N3O. The minimum Gasteiger partial charge on any atom is -0.388 e. The monoisotopic (exact) mass is 263 g/mol. The number of aliphatic hydroxyl groups is 1. The summed E-state index contributed by atoms with van der Waals surface area (Å²) in [5.41, 5.74) is 6.84. The van der Waals surface area contributed by atoms with Gasteiger partial charge in [-0.1, -0.05) is 30.3 Å². The predicted octanol–water partition coefficient (Wildman–Crippen LogP) is 0.384. The van der Waals surface area contributed by atoms with Gasteiger partial charge in [-0.3, -0.25) is 4.90 Å². The molecule has 1 fully saturated rings. The van der Waals surface area contributed by atoms with Crippen LogP contribution in [0, 0.1) is 0 Å². The summed E-state index contributed by atoms with van der Waals surface area (Å²) in [5, 5.41) is 13.3. The molecule has 1 aromatic carbocycles. The molecule has 0 saturated carbocycles. The molecule has 4 N–H and O–H groups in total. The molecule has 3 atom stereocenters. The molecule has 0 aliphatic carbocycles. The summed E-state index contributed by atoms with van der Waals surface area (Å²) in [7, 11) is 1.86. The Morgan fingerprint density at radius 1 is 1.37 bits per heavy atom. The number of β-amino-alcohol motifs (C(OH)–C–C–N with tert-alkyl or cyclic N) is 1. The van der Waals surface area contributed by atoms with Crippen molar-refractivity contribution in [3.8, 4) is 0 Å². The fourth-order valence-electron chi connectivity index (χ4n) is 3.01. The summed E-state index contributed by atoms with van der Waals surface area (Å²) in [6, 6.07) is 10.6. The van der Waals surface area contributed by atoms with Crippen LogP contribution < -0.4 is 11.1 Å². The van der Waals surface area contributed by atoms with E-state index >= 15 is 0 Å². The molecule has 106 valence electrons. The van der Waals surface area contributed by atoms with Crippen molar-refractivity contribution in [2.24, 2.45) is 5.73 Å². The van der Waals surface area contributed by atoms with E-state index < -0.39 is 5.60 Å². The van der Waals surface area contributed by atoms with Crippen LogP contribution in [0.4, 0.5) is 0 Å². The second-order valence-corrected chi connectivity index (χ2v) is 5.90. The van der Waals surface area contributed by atoms with Crippen LogP contribution in [0.1, 0.15) is 18.4 Å². The van der Waals surface area contributed by atoms with Crippen molar-refractivity contribution < 1.29 is 5.11 Å². The summed E-state index contributed by atoms with van der Waals surface area (Å²) in [6.07, 6.45) is 0. The minimum absolute atomic E-state index is 0.146. The summed E-state index contributed by atoms with van der Waals surface area (Å²) < 4.78 is 0. The quantitative estimate of drug-likeness (QED) is 0.719. The zero-order chi connectivity index (χ0) is 13.9. The van der Waals surface area contributed by atoms with E-state index in [2.05, 4.69) is 34.5 Å². The van der Waals surface area contributed by atoms with Crippen molar-refractivity contribution >= 4 is 0 Å². The fraction of sp³-hybridized carbons (Fsp3) is 0.600. The molecule has 1 aliphatic rings. The van der Waals surface area contributed by atoms with E-state index in [0.717, 1.165) is 13.1 Å². The van der Waals surface area contributed by atoms with Crippen LogP contribution in [0.5, 0.6) is 0 Å². The molecule has 0 amide bonds. The zero-order valence-corrected chi connectivity index (χ0v) is 11.8. The Labute approximate surface area is 115 Å². The lowest BCUT2D eigenvalue weighted by atomic mass is 9.95. The Morgan fingerprint density at radius 3 is 2.68 bits per heavy atom. The Bertz CT molecular complexity index is 394. The topological polar surface area (TPSA) is 61.5 Å². The van der Waals surface area contributed by atoms with Gasteiger partial charge in [0.25, 0.3) is 0 Å². The molecule has 1 aliphatic heterocycles. The van der Waals surface area contributed by atoms with E-state index in [1.54, 1.807) is 0 Å². The van der Waals surface area contributed by atoms with Crippen molar-refractivity contribution in [2.45, 2.75) is 24.5 Å². The fourth-order valence-corrected chi connectivity index (χ4v) is 3.01. The van der Waals surface area contributed by atoms with Gasteiger partial charge < -0.3 is 16.2 Å². The van der Waals surface area contributed by atoms with Crippen LogP contribution in [0.25, 0.3) is 0 Å². The van der Waals surface area contributed by atoms with E-state index in [1.807, 2.05) is 20.0 Å². The van der Waals surface area contributed by atoms with Gasteiger partial charge in [0, 0.05) is 38.1 Å². The predicted molar refractivity (Wildman–Crippen MR) is 78.1 cm³/mol. The SMILES string of the molecule is CNCC(C)(O)CN1C[C@@H](N)[C@H](c2ccccc2)C1. The molecule has 0 aromatic heterocycles. The maximum Gasteiger partial charge on any atom is 0.0869 e. The number of rotatable bonds is 5. The summed E-state index contributed by atoms with van der Waals surface area (Å²) in [6.45, 7) is 4.88. The molecule has 1 aromatic rings. The van der Waals surface area contributed by atoms with E-state index in [1.165, 1.54) is 5.56 Å². The lowest BCUT2D eigenvalue weighted by Crippen LogP contribution is -2.46. The van der Waals surface area contributed by atoms with Crippen molar-refractivity contribution in [3.63, 3.8) is 0 Å². The summed E-state index contributed by atoms with van der Waals surface area (Å²) >= 11 is 0. The third-order valence-corrected chi connectivity index (χ3v) is 3.79. The van der Waals surface area contributed by atoms with Crippen LogP contribution in [-0.4, -0.2) is 54.9 Å². The third kappa shape index (κ3) is 3.76. The third-order valence-electron chi connectivity index (χ3n) is 3.79. The van der Waals surface area contributed by atoms with E-state index in [9.17, 15) is 5.11 Å². The lowest BCUT2D eigenvalue weighted by Gasteiger charge is -2.28. The first-order valence-electron chi connectivity index (χ1n) is 6.92. The number of nitrogens with zero attached hydrogens (tertiary/aromatic N) is 1. The smallest absolute Gasteiger partial charge is 0.0869 e. The van der Waals surface area contributed by atoms with Crippen molar-refractivity contribution in [1.29, 1.82) is 0 Å². The van der Waals surface area contributed by atoms with E-state index in [4.69, 9.17) is 5.73 Å². The van der Waals surface area contributed by atoms with Crippen molar-refractivity contribution in [1.82, 2.24) is 10.2 Å². The van der Waals surface area contributed by atoms with Gasteiger partial charge >= 0.3 is 0 Å². The second-order valence-electron chi connectivity index (χ2n) is 5.90. The highest BCUT2D eigenvalue weighted by atomic mass is 16.3. The van der Waals surface area contributed by atoms with Gasteiger partial charge in [-0.2, -0.15) is 0 Å². The van der Waals surface area contributed by atoms with Gasteiger partial charge in [0.1, 0.15) is 0 Å². The number of nitrogens with two attached hydrogens (primary N) is 1. The molecule has 1 saturated heterocycles. The van der Waals surface area contributed by atoms with Crippen molar-refractivity contribution in [2.75, 3.05) is 33.2 Å². The Balaban J connectivity index is 1.98. The molecule has 2 rings (SSSR count). The van der Waals surface area contributed by atoms with Crippen LogP contribution in [0.2, 0.25) is 0 Å². The van der Waals surface area contributed by atoms with Gasteiger partial charge in [0.15, 0.2) is 0 Å². The first kappa shape index (κ1) is 14.5. The van der Waals surface area contributed by atoms with Crippen LogP contribution >= 0.6 is 0 Å². The number of likely N-dealkylation sites (tertiary alicyclic amines) is 1. The zero-order valence-electron chi connectivity index (χ0n) is 11.8. The standard InChI is InChI=1S/C15H25N3O/c1-15(19,10-17-2)11-18-8-13(14(16)9-18)12-6-4-3-5-7-12/h3-7,13-14,17,19H,8-11,16H2,1-2H3/t13-,14+,15?/m0/s1. The van der Waals surface area contributed by atoms with Crippen LogP contribution in [0.15, 0.2) is 30.3 Å². The van der Waals surface area contributed by atoms with Gasteiger partial charge in [0.2, 0.25) is 0 Å². The average molecular weight is 263 g/mol. The molecule has 4 nitrogen and oxygen atoms in total. The second kappa shape index (κ2) is 6.01. The molecule has 19 heavy (non-hydrogen) atoms. The number of hydrogen-bond donors (Lipinski definition) is 3. The molecule has 0 spiro atoms. The van der Waals surface area contributed by atoms with Crippen molar-refractivity contribution in [3.05, 3.63) is 35.9 Å². The molecule has 1 unspecified atom stereocenters. The lowest BCUT2D eigenvalue weighted by molar-refractivity contribution is 0.0279. The summed E-state index contributed by atoms with van der Waals surface area (Å²) in [5.74, 6) is 0.367. The molecule has 0 radical (unpaired) electrons. The Kier molecular flexibility index (Phi) is 4.58. The van der Waals surface area contributed by atoms with Gasteiger partial charge in [-0.05, 0) is 19.5 Å². The van der Waals surface area contributed by atoms with Gasteiger partial charge in [0.05, 0.1) is 5.60 Å². The van der Waals surface area contributed by atoms with Crippen LogP contribution in [0.3, 0.4) is 0 Å². The average Bonchev–Trinajstić information content (AvgIpc) is 2.70. The maximum atomic E-state index is 10.3. The highest BCUT2D eigenvalue weighted by molar-refractivity contribution is 5.23. The van der Waals surface area contributed by atoms with E-state index in [0.29, 0.717) is 19.0 Å². The van der Waals surface area contributed by atoms with E-state index in [-0.39, 0.29) is 6.04 Å². The number of benzene rings is 1. The molecule has 0 bridgehead atoms. The number of hydrogen-bond acceptors (Lipinski definition) is 4. The van der Waals surface area contributed by atoms with Gasteiger partial charge in [-0.15, -0.1) is 0 Å². The summed E-state index contributed by atoms with van der Waals surface area (Å²) in [4.78, 5) is 2.26. The molecular weight excluding hydrogens is 238 g/mol. The Hall–Kier alpha value is -0.940. The first-order valence-corrected chi connectivity index (χ1v) is 6.92. The minimum atomic E-state index is -0.708. The van der Waals surface area contributed by atoms with Crippen LogP contribution in [-0.2, 0) is 0 Å². The number of likely N-dealkylation sites (N-methyl/N-ethyl adjacent to an activating group) is 1. The maximum absolute atomic E-state index is 10.3. The molecule has 1 heterocycles. The molecule has 4 heteroatoms. The highest BCUT2D eigenvalue weighted by Crippen LogP contribution is 2.27. The largest absolute Gasteiger partial charge is 0.388 e. The highest BCUT2D eigenvalue weighted by Gasteiger charge is 2.34. The van der Waals surface area contributed by atoms with Gasteiger partial charge in [-0.25, -0.2) is 0 Å².